The SMILES string of the molecule is c1ccc(P(SCSP(c2ccccc2)c2ccccc2)c2ccccc2)cc1. The van der Waals surface area contributed by atoms with Crippen molar-refractivity contribution < 1.29 is 0 Å². The Labute approximate surface area is 184 Å². The van der Waals surface area contributed by atoms with Gasteiger partial charge in [0.15, 0.2) is 0 Å². The lowest BCUT2D eigenvalue weighted by Crippen LogP contribution is -2.10. The van der Waals surface area contributed by atoms with Crippen molar-refractivity contribution in [1.82, 2.24) is 0 Å². The van der Waals surface area contributed by atoms with Gasteiger partial charge in [-0.25, -0.2) is 0 Å². The molecular weight excluding hydrogens is 426 g/mol. The summed E-state index contributed by atoms with van der Waals surface area (Å²) >= 11 is 4.18. The van der Waals surface area contributed by atoms with E-state index in [4.69, 9.17) is 0 Å². The second-order valence-corrected chi connectivity index (χ2v) is 14.7. The van der Waals surface area contributed by atoms with E-state index in [1.54, 1.807) is 0 Å². The zero-order chi connectivity index (χ0) is 19.7. The summed E-state index contributed by atoms with van der Waals surface area (Å²) in [7, 11) is -0.826. The first kappa shape index (κ1) is 20.7. The number of hydrogen-bond donors (Lipinski definition) is 0. The third kappa shape index (κ3) is 5.74. The van der Waals surface area contributed by atoms with Crippen molar-refractivity contribution in [2.45, 2.75) is 0 Å². The van der Waals surface area contributed by atoms with Crippen molar-refractivity contribution in [2.24, 2.45) is 0 Å². The molecule has 0 fully saturated rings. The van der Waals surface area contributed by atoms with E-state index in [1.165, 1.54) is 21.2 Å². The van der Waals surface area contributed by atoms with E-state index in [0.717, 1.165) is 5.08 Å². The van der Waals surface area contributed by atoms with Gasteiger partial charge in [0.05, 0.1) is 0 Å². The zero-order valence-corrected chi connectivity index (χ0v) is 19.4. The fraction of sp³-hybridized carbons (Fsp3) is 0.0400. The van der Waals surface area contributed by atoms with Crippen LogP contribution in [0.15, 0.2) is 121 Å². The number of rotatable bonds is 8. The van der Waals surface area contributed by atoms with Gasteiger partial charge in [0.1, 0.15) is 0 Å². The summed E-state index contributed by atoms with van der Waals surface area (Å²) in [6.45, 7) is 0. The molecule has 0 saturated carbocycles. The molecule has 0 aliphatic carbocycles. The summed E-state index contributed by atoms with van der Waals surface area (Å²) in [4.78, 5) is 0. The van der Waals surface area contributed by atoms with Gasteiger partial charge in [-0.3, -0.25) is 0 Å². The Kier molecular flexibility index (Phi) is 7.85. The molecule has 0 aliphatic rings. The first-order valence-corrected chi connectivity index (χ1v) is 15.3. The molecule has 0 aliphatic heterocycles. The van der Waals surface area contributed by atoms with Crippen LogP contribution in [0.1, 0.15) is 0 Å². The summed E-state index contributed by atoms with van der Waals surface area (Å²) in [5.41, 5.74) is 0. The van der Waals surface area contributed by atoms with Crippen LogP contribution >= 0.6 is 37.0 Å². The van der Waals surface area contributed by atoms with Crippen LogP contribution in [0.5, 0.6) is 0 Å². The number of benzene rings is 4. The molecule has 4 aromatic rings. The van der Waals surface area contributed by atoms with Crippen LogP contribution in [0.2, 0.25) is 0 Å². The molecule has 4 rings (SSSR count). The molecule has 0 unspecified atom stereocenters. The Morgan fingerprint density at radius 3 is 0.862 bits per heavy atom. The molecular formula is C25H22P2S2. The molecule has 29 heavy (non-hydrogen) atoms. The summed E-state index contributed by atoms with van der Waals surface area (Å²) < 4.78 is 0. The topological polar surface area (TPSA) is 0 Å². The maximum Gasteiger partial charge on any atom is 0.0488 e. The van der Waals surface area contributed by atoms with E-state index < -0.39 is 14.2 Å². The van der Waals surface area contributed by atoms with E-state index in [9.17, 15) is 0 Å². The van der Waals surface area contributed by atoms with Crippen molar-refractivity contribution in [2.75, 3.05) is 5.08 Å². The largest absolute Gasteiger partial charge is 0.113 e. The molecule has 0 aromatic heterocycles. The highest BCUT2D eigenvalue weighted by Gasteiger charge is 2.18. The predicted molar refractivity (Wildman–Crippen MR) is 138 cm³/mol. The minimum atomic E-state index is -0.413. The van der Waals surface area contributed by atoms with Crippen LogP contribution in [0, 0.1) is 0 Å². The standard InChI is InChI=1S/C25H22P2S2/c1-5-13-22(14-6-1)26(23-15-7-2-8-16-23)28-21-29-27(24-17-9-3-10-18-24)25-19-11-4-12-20-25/h1-20H,21H2. The van der Waals surface area contributed by atoms with Crippen LogP contribution in [-0.4, -0.2) is 5.08 Å². The van der Waals surface area contributed by atoms with Gasteiger partial charge >= 0.3 is 0 Å². The average molecular weight is 449 g/mol. The van der Waals surface area contributed by atoms with Gasteiger partial charge in [-0.2, -0.15) is 0 Å². The molecule has 0 nitrogen and oxygen atoms in total. The van der Waals surface area contributed by atoms with Crippen LogP contribution in [0.25, 0.3) is 0 Å². The molecule has 0 radical (unpaired) electrons. The van der Waals surface area contributed by atoms with Gasteiger partial charge in [-0.15, -0.1) is 22.8 Å². The lowest BCUT2D eigenvalue weighted by molar-refractivity contribution is 1.76. The van der Waals surface area contributed by atoms with Crippen LogP contribution in [-0.2, 0) is 0 Å². The smallest absolute Gasteiger partial charge is 0.0488 e. The van der Waals surface area contributed by atoms with Crippen LogP contribution in [0.3, 0.4) is 0 Å². The first-order chi connectivity index (χ1) is 14.4. The van der Waals surface area contributed by atoms with E-state index in [2.05, 4.69) is 144 Å². The van der Waals surface area contributed by atoms with E-state index in [1.807, 2.05) is 0 Å². The molecule has 4 aromatic carbocycles. The van der Waals surface area contributed by atoms with Gasteiger partial charge in [0.25, 0.3) is 0 Å². The lowest BCUT2D eigenvalue weighted by Gasteiger charge is -2.21. The fourth-order valence-corrected chi connectivity index (χ4v) is 13.8. The van der Waals surface area contributed by atoms with Gasteiger partial charge in [0, 0.05) is 19.3 Å². The van der Waals surface area contributed by atoms with Crippen molar-refractivity contribution in [3.05, 3.63) is 121 Å². The molecule has 0 bridgehead atoms. The van der Waals surface area contributed by atoms with E-state index in [0.29, 0.717) is 0 Å². The molecule has 0 heterocycles. The zero-order valence-electron chi connectivity index (χ0n) is 16.0. The predicted octanol–water partition coefficient (Wildman–Crippen LogP) is 6.51. The molecule has 144 valence electrons. The van der Waals surface area contributed by atoms with Crippen molar-refractivity contribution >= 4 is 58.2 Å². The summed E-state index contributed by atoms with van der Waals surface area (Å²) in [5.74, 6) is 0. The Bertz CT molecular complexity index is 818. The third-order valence-corrected chi connectivity index (χ3v) is 14.7. The van der Waals surface area contributed by atoms with E-state index >= 15 is 0 Å². The Hall–Kier alpha value is -1.56. The lowest BCUT2D eigenvalue weighted by atomic mass is 10.4. The molecule has 0 N–H and O–H groups in total. The Balaban J connectivity index is 1.53. The average Bonchev–Trinajstić information content (AvgIpc) is 2.81. The normalized spacial score (nSPS) is 11.1. The summed E-state index contributed by atoms with van der Waals surface area (Å²) in [5, 5.41) is 6.81. The molecule has 0 amide bonds. The first-order valence-electron chi connectivity index (χ1n) is 9.48. The van der Waals surface area contributed by atoms with Gasteiger partial charge in [-0.05, 0) is 21.2 Å². The Morgan fingerprint density at radius 2 is 0.621 bits per heavy atom. The Morgan fingerprint density at radius 1 is 0.379 bits per heavy atom. The van der Waals surface area contributed by atoms with Gasteiger partial charge < -0.3 is 0 Å². The molecule has 0 saturated heterocycles. The molecule has 0 atom stereocenters. The van der Waals surface area contributed by atoms with Crippen molar-refractivity contribution in [3.8, 4) is 0 Å². The second-order valence-electron chi connectivity index (χ2n) is 6.31. The third-order valence-electron chi connectivity index (χ3n) is 4.33. The minimum Gasteiger partial charge on any atom is -0.113 e. The van der Waals surface area contributed by atoms with Crippen LogP contribution < -0.4 is 21.2 Å². The second kappa shape index (κ2) is 11.0. The maximum absolute atomic E-state index is 2.27. The highest BCUT2D eigenvalue weighted by Crippen LogP contribution is 2.55. The van der Waals surface area contributed by atoms with Gasteiger partial charge in [0.2, 0.25) is 0 Å². The van der Waals surface area contributed by atoms with Crippen LogP contribution in [0.4, 0.5) is 0 Å². The molecule has 4 heteroatoms. The summed E-state index contributed by atoms with van der Waals surface area (Å²) in [6, 6.07) is 43.8. The fourth-order valence-electron chi connectivity index (χ4n) is 2.98. The monoisotopic (exact) mass is 448 g/mol. The maximum atomic E-state index is 2.27. The highest BCUT2D eigenvalue weighted by molar-refractivity contribution is 8.69. The highest BCUT2D eigenvalue weighted by atomic mass is 32.8. The van der Waals surface area contributed by atoms with Crippen molar-refractivity contribution in [1.29, 1.82) is 0 Å². The quantitative estimate of drug-likeness (QED) is 0.223. The minimum absolute atomic E-state index is 0.413. The van der Waals surface area contributed by atoms with E-state index in [-0.39, 0.29) is 0 Å². The van der Waals surface area contributed by atoms with Gasteiger partial charge in [-0.1, -0.05) is 121 Å². The molecule has 0 spiro atoms. The number of hydrogen-bond acceptors (Lipinski definition) is 2. The summed E-state index contributed by atoms with van der Waals surface area (Å²) in [6.07, 6.45) is 0. The van der Waals surface area contributed by atoms with Crippen molar-refractivity contribution in [3.63, 3.8) is 0 Å².